The monoisotopic (exact) mass is 220 g/mol. The maximum atomic E-state index is 5.50. The average Bonchev–Trinajstić information content (AvgIpc) is 2.62. The second-order valence-corrected chi connectivity index (χ2v) is 4.61. The van der Waals surface area contributed by atoms with Gasteiger partial charge in [0.1, 0.15) is 0 Å². The van der Waals surface area contributed by atoms with Gasteiger partial charge in [-0.05, 0) is 55.9 Å². The van der Waals surface area contributed by atoms with Crippen LogP contribution in [0.25, 0.3) is 10.1 Å². The van der Waals surface area contributed by atoms with E-state index in [1.807, 2.05) is 0 Å². The molecule has 0 saturated heterocycles. The van der Waals surface area contributed by atoms with Gasteiger partial charge in [-0.2, -0.15) is 4.37 Å². The lowest BCUT2D eigenvalue weighted by atomic mass is 10.0. The highest BCUT2D eigenvalue weighted by molar-refractivity contribution is 7.13. The van der Waals surface area contributed by atoms with Crippen LogP contribution in [0, 0.1) is 6.92 Å². The molecule has 2 nitrogen and oxygen atoms in total. The predicted molar refractivity (Wildman–Crippen MR) is 66.3 cm³/mol. The number of aryl methyl sites for hydroxylation is 2. The fourth-order valence-corrected chi connectivity index (χ4v) is 2.73. The number of benzene rings is 1. The molecule has 0 atom stereocenters. The lowest BCUT2D eigenvalue weighted by Gasteiger charge is -2.03. The van der Waals surface area contributed by atoms with Crippen molar-refractivity contribution >= 4 is 21.6 Å². The third kappa shape index (κ3) is 2.19. The lowest BCUT2D eigenvalue weighted by Crippen LogP contribution is -1.99. The summed E-state index contributed by atoms with van der Waals surface area (Å²) < 4.78 is 5.71. The molecule has 0 fully saturated rings. The molecule has 2 N–H and O–H groups in total. The standard InChI is InChI=1S/C12H16N2S/c1-9-12-10(5-2-3-8-13)6-4-7-11(12)15-14-9/h4,6-7H,2-3,5,8,13H2,1H3. The van der Waals surface area contributed by atoms with Crippen LogP contribution < -0.4 is 5.73 Å². The molecule has 0 spiro atoms. The summed E-state index contributed by atoms with van der Waals surface area (Å²) in [6.45, 7) is 2.88. The zero-order valence-corrected chi connectivity index (χ0v) is 9.81. The number of hydrogen-bond donors (Lipinski definition) is 1. The van der Waals surface area contributed by atoms with E-state index in [0.717, 1.165) is 19.4 Å². The normalized spacial score (nSPS) is 11.1. The molecule has 0 unspecified atom stereocenters. The number of aromatic nitrogens is 1. The number of fused-ring (bicyclic) bond motifs is 1. The molecule has 15 heavy (non-hydrogen) atoms. The van der Waals surface area contributed by atoms with Gasteiger partial charge in [0.25, 0.3) is 0 Å². The van der Waals surface area contributed by atoms with Crippen molar-refractivity contribution in [1.29, 1.82) is 0 Å². The third-order valence-corrected chi connectivity index (χ3v) is 3.56. The summed E-state index contributed by atoms with van der Waals surface area (Å²) >= 11 is 1.59. The highest BCUT2D eigenvalue weighted by atomic mass is 32.1. The molecule has 80 valence electrons. The van der Waals surface area contributed by atoms with Crippen molar-refractivity contribution in [2.45, 2.75) is 26.2 Å². The molecule has 2 rings (SSSR count). The van der Waals surface area contributed by atoms with Gasteiger partial charge < -0.3 is 5.73 Å². The van der Waals surface area contributed by atoms with E-state index in [1.54, 1.807) is 11.5 Å². The molecule has 0 aliphatic heterocycles. The van der Waals surface area contributed by atoms with Crippen molar-refractivity contribution in [3.63, 3.8) is 0 Å². The van der Waals surface area contributed by atoms with E-state index in [2.05, 4.69) is 29.5 Å². The first kappa shape index (κ1) is 10.6. The molecule has 1 aromatic carbocycles. The van der Waals surface area contributed by atoms with Crippen LogP contribution in [0.4, 0.5) is 0 Å². The topological polar surface area (TPSA) is 38.9 Å². The molecule has 0 saturated carbocycles. The van der Waals surface area contributed by atoms with Crippen molar-refractivity contribution < 1.29 is 0 Å². The summed E-state index contributed by atoms with van der Waals surface area (Å²) in [5, 5.41) is 1.36. The van der Waals surface area contributed by atoms with E-state index in [1.165, 1.54) is 27.8 Å². The molecular weight excluding hydrogens is 204 g/mol. The Labute approximate surface area is 94.3 Å². The van der Waals surface area contributed by atoms with Crippen LogP contribution in [0.1, 0.15) is 24.1 Å². The maximum Gasteiger partial charge on any atom is 0.0592 e. The Kier molecular flexibility index (Phi) is 3.34. The van der Waals surface area contributed by atoms with Gasteiger partial charge in [0.2, 0.25) is 0 Å². The summed E-state index contributed by atoms with van der Waals surface area (Å²) in [6.07, 6.45) is 3.39. The minimum Gasteiger partial charge on any atom is -0.330 e. The van der Waals surface area contributed by atoms with E-state index in [4.69, 9.17) is 5.73 Å². The van der Waals surface area contributed by atoms with Crippen LogP contribution in [0.2, 0.25) is 0 Å². The molecule has 2 aromatic rings. The zero-order valence-electron chi connectivity index (χ0n) is 8.99. The number of rotatable bonds is 4. The van der Waals surface area contributed by atoms with Crippen LogP contribution in [0.15, 0.2) is 18.2 Å². The van der Waals surface area contributed by atoms with E-state index in [9.17, 15) is 0 Å². The number of nitrogens with zero attached hydrogens (tertiary/aromatic N) is 1. The van der Waals surface area contributed by atoms with Gasteiger partial charge in [0.15, 0.2) is 0 Å². The van der Waals surface area contributed by atoms with Crippen molar-refractivity contribution in [1.82, 2.24) is 4.37 Å². The summed E-state index contributed by atoms with van der Waals surface area (Å²) in [5.41, 5.74) is 8.09. The van der Waals surface area contributed by atoms with Gasteiger partial charge in [-0.3, -0.25) is 0 Å². The van der Waals surface area contributed by atoms with Gasteiger partial charge in [-0.15, -0.1) is 0 Å². The van der Waals surface area contributed by atoms with Crippen molar-refractivity contribution in [3.8, 4) is 0 Å². The fourth-order valence-electron chi connectivity index (χ4n) is 1.89. The third-order valence-electron chi connectivity index (χ3n) is 2.66. The molecule has 0 aliphatic carbocycles. The summed E-state index contributed by atoms with van der Waals surface area (Å²) in [5.74, 6) is 0. The maximum absolute atomic E-state index is 5.50. The van der Waals surface area contributed by atoms with Gasteiger partial charge in [0.05, 0.1) is 10.4 Å². The fraction of sp³-hybridized carbons (Fsp3) is 0.417. The minimum absolute atomic E-state index is 0.789. The molecule has 0 radical (unpaired) electrons. The quantitative estimate of drug-likeness (QED) is 0.805. The molecule has 0 bridgehead atoms. The van der Waals surface area contributed by atoms with Crippen LogP contribution in [-0.2, 0) is 6.42 Å². The lowest BCUT2D eigenvalue weighted by molar-refractivity contribution is 0.747. The van der Waals surface area contributed by atoms with Crippen molar-refractivity contribution in [2.75, 3.05) is 6.54 Å². The first-order valence-corrected chi connectivity index (χ1v) is 6.14. The Morgan fingerprint density at radius 1 is 1.33 bits per heavy atom. The van der Waals surface area contributed by atoms with Gasteiger partial charge in [-0.1, -0.05) is 12.1 Å². The van der Waals surface area contributed by atoms with Crippen LogP contribution in [0.3, 0.4) is 0 Å². The Bertz CT molecular complexity index is 448. The highest BCUT2D eigenvalue weighted by Crippen LogP contribution is 2.26. The summed E-state index contributed by atoms with van der Waals surface area (Å²) in [6, 6.07) is 6.48. The second-order valence-electron chi connectivity index (χ2n) is 3.80. The van der Waals surface area contributed by atoms with Crippen LogP contribution in [-0.4, -0.2) is 10.9 Å². The van der Waals surface area contributed by atoms with Crippen LogP contribution >= 0.6 is 11.5 Å². The second kappa shape index (κ2) is 4.73. The van der Waals surface area contributed by atoms with Crippen LogP contribution in [0.5, 0.6) is 0 Å². The summed E-state index contributed by atoms with van der Waals surface area (Å²) in [4.78, 5) is 0. The SMILES string of the molecule is Cc1nsc2cccc(CCCCN)c12. The number of hydrogen-bond acceptors (Lipinski definition) is 3. The number of nitrogens with two attached hydrogens (primary N) is 1. The van der Waals surface area contributed by atoms with Crippen molar-refractivity contribution in [3.05, 3.63) is 29.5 Å². The Hall–Kier alpha value is -0.930. The number of unbranched alkanes of at least 4 members (excludes halogenated alkanes) is 1. The van der Waals surface area contributed by atoms with E-state index < -0.39 is 0 Å². The Balaban J connectivity index is 2.29. The first-order chi connectivity index (χ1) is 7.33. The predicted octanol–water partition coefficient (Wildman–Crippen LogP) is 2.89. The molecule has 0 amide bonds. The Morgan fingerprint density at radius 3 is 3.00 bits per heavy atom. The zero-order chi connectivity index (χ0) is 10.7. The smallest absolute Gasteiger partial charge is 0.0592 e. The molecule has 1 heterocycles. The van der Waals surface area contributed by atoms with E-state index in [0.29, 0.717) is 0 Å². The van der Waals surface area contributed by atoms with E-state index >= 15 is 0 Å². The van der Waals surface area contributed by atoms with Gasteiger partial charge >= 0.3 is 0 Å². The Morgan fingerprint density at radius 2 is 2.20 bits per heavy atom. The van der Waals surface area contributed by atoms with Gasteiger partial charge in [0, 0.05) is 5.39 Å². The minimum atomic E-state index is 0.789. The highest BCUT2D eigenvalue weighted by Gasteiger charge is 2.06. The van der Waals surface area contributed by atoms with Crippen molar-refractivity contribution in [2.24, 2.45) is 5.73 Å². The molecule has 1 aromatic heterocycles. The largest absolute Gasteiger partial charge is 0.330 e. The summed E-state index contributed by atoms with van der Waals surface area (Å²) in [7, 11) is 0. The molecule has 0 aliphatic rings. The van der Waals surface area contributed by atoms with E-state index in [-0.39, 0.29) is 0 Å². The molecule has 3 heteroatoms. The first-order valence-electron chi connectivity index (χ1n) is 5.37. The van der Waals surface area contributed by atoms with Gasteiger partial charge in [-0.25, -0.2) is 0 Å². The molecular formula is C12H16N2S. The average molecular weight is 220 g/mol.